The van der Waals surface area contributed by atoms with E-state index in [0.29, 0.717) is 35.6 Å². The standard InChI is InChI=1S/C15H18ClF3O2/c1-21-13-8-9(6-7-12(13)16)14(20)10-4-2-3-5-11(10)15(17,18)19/h6-8,10-11,14,20H,2-5H2,1H3. The molecule has 6 heteroatoms. The SMILES string of the molecule is COc1cc(C(O)C2CCCCC2C(F)(F)F)ccc1Cl. The van der Waals surface area contributed by atoms with E-state index in [2.05, 4.69) is 0 Å². The molecule has 2 nitrogen and oxygen atoms in total. The zero-order valence-corrected chi connectivity index (χ0v) is 12.4. The average Bonchev–Trinajstić information content (AvgIpc) is 2.46. The summed E-state index contributed by atoms with van der Waals surface area (Å²) in [6.45, 7) is 0. The van der Waals surface area contributed by atoms with Crippen molar-refractivity contribution in [3.05, 3.63) is 28.8 Å². The van der Waals surface area contributed by atoms with Crippen molar-refractivity contribution >= 4 is 11.6 Å². The van der Waals surface area contributed by atoms with Gasteiger partial charge >= 0.3 is 6.18 Å². The number of hydrogen-bond donors (Lipinski definition) is 1. The van der Waals surface area contributed by atoms with Gasteiger partial charge in [0.15, 0.2) is 0 Å². The van der Waals surface area contributed by atoms with E-state index >= 15 is 0 Å². The lowest BCUT2D eigenvalue weighted by atomic mass is 9.74. The molecular weight excluding hydrogens is 305 g/mol. The largest absolute Gasteiger partial charge is 0.495 e. The predicted octanol–water partition coefficient (Wildman–Crippen LogP) is 4.75. The maximum absolute atomic E-state index is 13.1. The number of rotatable bonds is 3. The molecule has 1 saturated carbocycles. The number of ether oxygens (including phenoxy) is 1. The Balaban J connectivity index is 2.26. The number of halogens is 4. The van der Waals surface area contributed by atoms with Crippen molar-refractivity contribution < 1.29 is 23.0 Å². The van der Waals surface area contributed by atoms with E-state index in [1.807, 2.05) is 0 Å². The van der Waals surface area contributed by atoms with Crippen molar-refractivity contribution in [2.24, 2.45) is 11.8 Å². The van der Waals surface area contributed by atoms with Gasteiger partial charge in [-0.1, -0.05) is 30.5 Å². The number of aliphatic hydroxyl groups excluding tert-OH is 1. The van der Waals surface area contributed by atoms with Crippen LogP contribution in [0.3, 0.4) is 0 Å². The Hall–Kier alpha value is -0.940. The number of benzene rings is 1. The monoisotopic (exact) mass is 322 g/mol. The molecule has 3 unspecified atom stereocenters. The van der Waals surface area contributed by atoms with Gasteiger partial charge in [0.1, 0.15) is 5.75 Å². The van der Waals surface area contributed by atoms with Gasteiger partial charge < -0.3 is 9.84 Å². The molecular formula is C15H18ClF3O2. The smallest absolute Gasteiger partial charge is 0.392 e. The van der Waals surface area contributed by atoms with Crippen LogP contribution in [0, 0.1) is 11.8 Å². The van der Waals surface area contributed by atoms with Crippen molar-refractivity contribution in [2.75, 3.05) is 7.11 Å². The molecule has 1 fully saturated rings. The number of aliphatic hydroxyl groups is 1. The third-order valence-electron chi connectivity index (χ3n) is 4.16. The van der Waals surface area contributed by atoms with Crippen LogP contribution in [0.15, 0.2) is 18.2 Å². The molecule has 0 radical (unpaired) electrons. The first-order chi connectivity index (χ1) is 9.84. The van der Waals surface area contributed by atoms with E-state index in [0.717, 1.165) is 0 Å². The molecule has 1 aliphatic carbocycles. The molecule has 0 bridgehead atoms. The van der Waals surface area contributed by atoms with E-state index in [1.165, 1.54) is 19.2 Å². The summed E-state index contributed by atoms with van der Waals surface area (Å²) in [5, 5.41) is 10.8. The molecule has 0 aromatic heterocycles. The fourth-order valence-corrected chi connectivity index (χ4v) is 3.25. The predicted molar refractivity (Wildman–Crippen MR) is 74.5 cm³/mol. The van der Waals surface area contributed by atoms with Crippen molar-refractivity contribution in [1.82, 2.24) is 0 Å². The van der Waals surface area contributed by atoms with Gasteiger partial charge in [0.25, 0.3) is 0 Å². The van der Waals surface area contributed by atoms with E-state index in [9.17, 15) is 18.3 Å². The Kier molecular flexibility index (Phi) is 5.04. The maximum Gasteiger partial charge on any atom is 0.392 e. The maximum atomic E-state index is 13.1. The van der Waals surface area contributed by atoms with Crippen LogP contribution in [0.5, 0.6) is 5.75 Å². The summed E-state index contributed by atoms with van der Waals surface area (Å²) in [6, 6.07) is 4.59. The molecule has 21 heavy (non-hydrogen) atoms. The third-order valence-corrected chi connectivity index (χ3v) is 4.47. The minimum atomic E-state index is -4.28. The lowest BCUT2D eigenvalue weighted by molar-refractivity contribution is -0.207. The molecule has 2 rings (SSSR count). The molecule has 1 aliphatic rings. The van der Waals surface area contributed by atoms with Gasteiger partial charge in [-0.05, 0) is 30.5 Å². The highest BCUT2D eigenvalue weighted by Gasteiger charge is 2.47. The Labute approximate surface area is 126 Å². The first-order valence-corrected chi connectivity index (χ1v) is 7.30. The molecule has 1 N–H and O–H groups in total. The molecule has 118 valence electrons. The summed E-state index contributed by atoms with van der Waals surface area (Å²) in [4.78, 5) is 0. The highest BCUT2D eigenvalue weighted by molar-refractivity contribution is 6.32. The van der Waals surface area contributed by atoms with Crippen LogP contribution in [-0.4, -0.2) is 18.4 Å². The van der Waals surface area contributed by atoms with Crippen LogP contribution in [0.25, 0.3) is 0 Å². The van der Waals surface area contributed by atoms with Gasteiger partial charge in [0.05, 0.1) is 24.2 Å². The molecule has 1 aromatic carbocycles. The Morgan fingerprint density at radius 2 is 1.95 bits per heavy atom. The summed E-state index contributed by atoms with van der Waals surface area (Å²) in [7, 11) is 1.43. The number of hydrogen-bond acceptors (Lipinski definition) is 2. The molecule has 1 aromatic rings. The van der Waals surface area contributed by atoms with Crippen LogP contribution in [0.1, 0.15) is 37.4 Å². The fourth-order valence-electron chi connectivity index (χ4n) is 3.05. The first kappa shape index (κ1) is 16.4. The zero-order chi connectivity index (χ0) is 15.6. The minimum absolute atomic E-state index is 0.0793. The van der Waals surface area contributed by atoms with Crippen LogP contribution in [-0.2, 0) is 0 Å². The fraction of sp³-hybridized carbons (Fsp3) is 0.600. The van der Waals surface area contributed by atoms with Crippen molar-refractivity contribution in [2.45, 2.75) is 38.0 Å². The van der Waals surface area contributed by atoms with Crippen molar-refractivity contribution in [3.63, 3.8) is 0 Å². The van der Waals surface area contributed by atoms with E-state index < -0.39 is 24.1 Å². The Bertz CT molecular complexity index is 490. The van der Waals surface area contributed by atoms with Crippen LogP contribution in [0.2, 0.25) is 5.02 Å². The van der Waals surface area contributed by atoms with Crippen LogP contribution < -0.4 is 4.74 Å². The topological polar surface area (TPSA) is 29.5 Å². The zero-order valence-electron chi connectivity index (χ0n) is 11.7. The molecule has 0 heterocycles. The van der Waals surface area contributed by atoms with E-state index in [4.69, 9.17) is 16.3 Å². The van der Waals surface area contributed by atoms with Gasteiger partial charge in [0, 0.05) is 5.92 Å². The van der Waals surface area contributed by atoms with Crippen molar-refractivity contribution in [3.8, 4) is 5.75 Å². The van der Waals surface area contributed by atoms with Gasteiger partial charge in [-0.15, -0.1) is 0 Å². The summed E-state index contributed by atoms with van der Waals surface area (Å²) in [6.07, 6.45) is -3.73. The quantitative estimate of drug-likeness (QED) is 0.870. The van der Waals surface area contributed by atoms with Gasteiger partial charge in [0.2, 0.25) is 0 Å². The third kappa shape index (κ3) is 3.64. The second-order valence-electron chi connectivity index (χ2n) is 5.44. The molecule has 3 atom stereocenters. The number of methoxy groups -OCH3 is 1. The molecule has 0 amide bonds. The second-order valence-corrected chi connectivity index (χ2v) is 5.84. The normalized spacial score (nSPS) is 24.7. The van der Waals surface area contributed by atoms with Gasteiger partial charge in [-0.3, -0.25) is 0 Å². The molecule has 0 aliphatic heterocycles. The first-order valence-electron chi connectivity index (χ1n) is 6.93. The lowest BCUT2D eigenvalue weighted by Gasteiger charge is -2.36. The van der Waals surface area contributed by atoms with Crippen LogP contribution >= 0.6 is 11.6 Å². The number of alkyl halides is 3. The Morgan fingerprint density at radius 3 is 2.57 bits per heavy atom. The summed E-state index contributed by atoms with van der Waals surface area (Å²) < 4.78 is 44.4. The summed E-state index contributed by atoms with van der Waals surface area (Å²) in [5.74, 6) is -1.92. The van der Waals surface area contributed by atoms with E-state index in [-0.39, 0.29) is 6.42 Å². The average molecular weight is 323 g/mol. The van der Waals surface area contributed by atoms with Gasteiger partial charge in [-0.25, -0.2) is 0 Å². The highest BCUT2D eigenvalue weighted by atomic mass is 35.5. The summed E-state index contributed by atoms with van der Waals surface area (Å²) >= 11 is 5.90. The lowest BCUT2D eigenvalue weighted by Crippen LogP contribution is -2.36. The highest BCUT2D eigenvalue weighted by Crippen LogP contribution is 2.47. The van der Waals surface area contributed by atoms with Crippen LogP contribution in [0.4, 0.5) is 13.2 Å². The van der Waals surface area contributed by atoms with Gasteiger partial charge in [-0.2, -0.15) is 13.2 Å². The van der Waals surface area contributed by atoms with Crippen molar-refractivity contribution in [1.29, 1.82) is 0 Å². The Morgan fingerprint density at radius 1 is 1.29 bits per heavy atom. The molecule has 0 spiro atoms. The second kappa shape index (κ2) is 6.44. The minimum Gasteiger partial charge on any atom is -0.495 e. The van der Waals surface area contributed by atoms with E-state index in [1.54, 1.807) is 6.07 Å². The summed E-state index contributed by atoms with van der Waals surface area (Å²) in [5.41, 5.74) is 0.414. The molecule has 0 saturated heterocycles.